The van der Waals surface area contributed by atoms with Crippen LogP contribution in [0.25, 0.3) is 0 Å². The van der Waals surface area contributed by atoms with Crippen molar-refractivity contribution in [3.05, 3.63) is 22.7 Å². The Morgan fingerprint density at radius 3 is 2.90 bits per heavy atom. The molecule has 0 aliphatic heterocycles. The second-order valence-electron chi connectivity index (χ2n) is 5.34. The van der Waals surface area contributed by atoms with Crippen molar-refractivity contribution in [2.24, 2.45) is 5.92 Å². The van der Waals surface area contributed by atoms with Crippen LogP contribution in [-0.2, 0) is 9.53 Å². The first kappa shape index (κ1) is 16.1. The topological polar surface area (TPSA) is 47.6 Å². The highest BCUT2D eigenvalue weighted by atomic mass is 79.9. The number of benzene rings is 1. The summed E-state index contributed by atoms with van der Waals surface area (Å²) in [6.07, 6.45) is 3.88. The minimum Gasteiger partial charge on any atom is -0.497 e. The molecule has 0 aromatic heterocycles. The monoisotopic (exact) mass is 355 g/mol. The van der Waals surface area contributed by atoms with Crippen LogP contribution in [0.5, 0.6) is 5.75 Å². The van der Waals surface area contributed by atoms with Gasteiger partial charge in [-0.3, -0.25) is 4.79 Å². The molecule has 0 amide bonds. The highest BCUT2D eigenvalue weighted by molar-refractivity contribution is 9.10. The minimum absolute atomic E-state index is 0.0187. The Morgan fingerprint density at radius 1 is 1.38 bits per heavy atom. The third kappa shape index (κ3) is 4.63. The maximum atomic E-state index is 11.9. The Kier molecular flexibility index (Phi) is 5.91. The molecule has 1 N–H and O–H groups in total. The van der Waals surface area contributed by atoms with Crippen LogP contribution in [0.3, 0.4) is 0 Å². The molecular formula is C16H22BrNO3. The summed E-state index contributed by atoms with van der Waals surface area (Å²) in [6, 6.07) is 6.22. The molecule has 0 radical (unpaired) electrons. The molecule has 1 aliphatic rings. The first-order chi connectivity index (χ1) is 10.1. The number of esters is 1. The average molecular weight is 356 g/mol. The fourth-order valence-electron chi connectivity index (χ4n) is 2.79. The minimum atomic E-state index is -0.0594. The molecule has 1 aliphatic carbocycles. The van der Waals surface area contributed by atoms with Crippen LogP contribution >= 0.6 is 15.9 Å². The second-order valence-corrected chi connectivity index (χ2v) is 6.25. The molecule has 2 unspecified atom stereocenters. The van der Waals surface area contributed by atoms with Gasteiger partial charge in [-0.1, -0.05) is 22.4 Å². The molecule has 5 heteroatoms. The van der Waals surface area contributed by atoms with Crippen LogP contribution in [0, 0.1) is 5.92 Å². The number of hydrogen-bond acceptors (Lipinski definition) is 4. The lowest BCUT2D eigenvalue weighted by Gasteiger charge is -2.29. The van der Waals surface area contributed by atoms with Crippen molar-refractivity contribution in [2.75, 3.05) is 19.0 Å². The van der Waals surface area contributed by atoms with Gasteiger partial charge in [0, 0.05) is 22.3 Å². The van der Waals surface area contributed by atoms with Crippen LogP contribution in [0.1, 0.15) is 32.6 Å². The fourth-order valence-corrected chi connectivity index (χ4v) is 3.27. The van der Waals surface area contributed by atoms with E-state index in [1.165, 1.54) is 0 Å². The van der Waals surface area contributed by atoms with E-state index in [1.807, 2.05) is 25.1 Å². The van der Waals surface area contributed by atoms with Crippen LogP contribution in [0.4, 0.5) is 5.69 Å². The van der Waals surface area contributed by atoms with Gasteiger partial charge in [-0.15, -0.1) is 0 Å². The Labute approximate surface area is 134 Å². The van der Waals surface area contributed by atoms with E-state index < -0.39 is 0 Å². The van der Waals surface area contributed by atoms with Crippen molar-refractivity contribution in [1.82, 2.24) is 0 Å². The predicted octanol–water partition coefficient (Wildman–Crippen LogP) is 3.99. The van der Waals surface area contributed by atoms with Gasteiger partial charge in [-0.25, -0.2) is 0 Å². The number of halogens is 1. The zero-order valence-electron chi connectivity index (χ0n) is 12.5. The number of carbonyl (C=O) groups is 1. The highest BCUT2D eigenvalue weighted by Crippen LogP contribution is 2.30. The molecule has 1 fully saturated rings. The fraction of sp³-hybridized carbons (Fsp3) is 0.562. The SMILES string of the molecule is CCOC(=O)C1CCCC(Nc2cc(Br)cc(OC)c2)C1. The molecule has 1 aromatic carbocycles. The zero-order chi connectivity index (χ0) is 15.2. The van der Waals surface area contributed by atoms with Crippen LogP contribution < -0.4 is 10.1 Å². The third-order valence-electron chi connectivity index (χ3n) is 3.77. The summed E-state index contributed by atoms with van der Waals surface area (Å²) < 4.78 is 11.4. The lowest BCUT2D eigenvalue weighted by molar-refractivity contribution is -0.149. The zero-order valence-corrected chi connectivity index (χ0v) is 14.1. The summed E-state index contributed by atoms with van der Waals surface area (Å²) >= 11 is 3.48. The molecule has 2 rings (SSSR count). The van der Waals surface area contributed by atoms with Crippen LogP contribution in [0.2, 0.25) is 0 Å². The van der Waals surface area contributed by atoms with E-state index in [1.54, 1.807) is 7.11 Å². The van der Waals surface area contributed by atoms with Gasteiger partial charge in [0.15, 0.2) is 0 Å². The molecular weight excluding hydrogens is 334 g/mol. The standard InChI is InChI=1S/C16H22BrNO3/c1-3-21-16(19)11-5-4-6-13(7-11)18-14-8-12(17)9-15(10-14)20-2/h8-11,13,18H,3-7H2,1-2H3. The first-order valence-electron chi connectivity index (χ1n) is 7.40. The number of hydrogen-bond donors (Lipinski definition) is 1. The predicted molar refractivity (Wildman–Crippen MR) is 86.7 cm³/mol. The van der Waals surface area contributed by atoms with Gasteiger partial charge in [-0.05, 0) is 38.3 Å². The van der Waals surface area contributed by atoms with Gasteiger partial charge >= 0.3 is 5.97 Å². The van der Waals surface area contributed by atoms with Gasteiger partial charge in [0.05, 0.1) is 19.6 Å². The van der Waals surface area contributed by atoms with Crippen molar-refractivity contribution in [2.45, 2.75) is 38.6 Å². The van der Waals surface area contributed by atoms with Gasteiger partial charge < -0.3 is 14.8 Å². The highest BCUT2D eigenvalue weighted by Gasteiger charge is 2.28. The number of anilines is 1. The van der Waals surface area contributed by atoms with Crippen LogP contribution in [0.15, 0.2) is 22.7 Å². The van der Waals surface area contributed by atoms with E-state index >= 15 is 0 Å². The van der Waals surface area contributed by atoms with Gasteiger partial charge in [-0.2, -0.15) is 0 Å². The van der Waals surface area contributed by atoms with Gasteiger partial charge in [0.25, 0.3) is 0 Å². The number of nitrogens with one attached hydrogen (secondary N) is 1. The number of methoxy groups -OCH3 is 1. The van der Waals surface area contributed by atoms with Crippen molar-refractivity contribution in [1.29, 1.82) is 0 Å². The largest absolute Gasteiger partial charge is 0.497 e. The molecule has 116 valence electrons. The molecule has 0 spiro atoms. The second kappa shape index (κ2) is 7.69. The lowest BCUT2D eigenvalue weighted by Crippen LogP contribution is -2.32. The number of ether oxygens (including phenoxy) is 2. The molecule has 2 atom stereocenters. The summed E-state index contributed by atoms with van der Waals surface area (Å²) in [5.41, 5.74) is 1.01. The third-order valence-corrected chi connectivity index (χ3v) is 4.23. The van der Waals surface area contributed by atoms with E-state index in [0.29, 0.717) is 12.6 Å². The number of rotatable bonds is 5. The van der Waals surface area contributed by atoms with E-state index in [2.05, 4.69) is 21.2 Å². The van der Waals surface area contributed by atoms with Crippen molar-refractivity contribution in [3.63, 3.8) is 0 Å². The summed E-state index contributed by atoms with van der Waals surface area (Å²) in [5.74, 6) is 0.769. The molecule has 4 nitrogen and oxygen atoms in total. The lowest BCUT2D eigenvalue weighted by atomic mass is 9.85. The summed E-state index contributed by atoms with van der Waals surface area (Å²) in [6.45, 7) is 2.31. The summed E-state index contributed by atoms with van der Waals surface area (Å²) in [7, 11) is 1.66. The molecule has 0 saturated heterocycles. The van der Waals surface area contributed by atoms with Crippen molar-refractivity contribution < 1.29 is 14.3 Å². The normalized spacial score (nSPS) is 21.7. The summed E-state index contributed by atoms with van der Waals surface area (Å²) in [5, 5.41) is 3.51. The maximum Gasteiger partial charge on any atom is 0.308 e. The Hall–Kier alpha value is -1.23. The molecule has 1 aromatic rings. The van der Waals surface area contributed by atoms with Crippen molar-refractivity contribution >= 4 is 27.6 Å². The number of carbonyl (C=O) groups excluding carboxylic acids is 1. The van der Waals surface area contributed by atoms with Gasteiger partial charge in [0.1, 0.15) is 5.75 Å². The molecule has 0 heterocycles. The smallest absolute Gasteiger partial charge is 0.308 e. The molecule has 21 heavy (non-hydrogen) atoms. The van der Waals surface area contributed by atoms with Gasteiger partial charge in [0.2, 0.25) is 0 Å². The van der Waals surface area contributed by atoms with E-state index in [4.69, 9.17) is 9.47 Å². The first-order valence-corrected chi connectivity index (χ1v) is 8.19. The van der Waals surface area contributed by atoms with Crippen LogP contribution in [-0.4, -0.2) is 25.7 Å². The molecule has 0 bridgehead atoms. The maximum absolute atomic E-state index is 11.9. The summed E-state index contributed by atoms with van der Waals surface area (Å²) in [4.78, 5) is 11.9. The van der Waals surface area contributed by atoms with Crippen molar-refractivity contribution in [3.8, 4) is 5.75 Å². The Balaban J connectivity index is 1.99. The molecule has 1 saturated carbocycles. The average Bonchev–Trinajstić information content (AvgIpc) is 2.47. The quantitative estimate of drug-likeness (QED) is 0.811. The Morgan fingerprint density at radius 2 is 2.19 bits per heavy atom. The van der Waals surface area contributed by atoms with E-state index in [-0.39, 0.29) is 11.9 Å². The van der Waals surface area contributed by atoms with E-state index in [0.717, 1.165) is 41.6 Å². The Bertz CT molecular complexity index is 492. The van der Waals surface area contributed by atoms with E-state index in [9.17, 15) is 4.79 Å².